The lowest BCUT2D eigenvalue weighted by molar-refractivity contribution is -0.107. The van der Waals surface area contributed by atoms with Gasteiger partial charge in [-0.1, -0.05) is 6.92 Å². The minimum atomic E-state index is -3.03. The van der Waals surface area contributed by atoms with Crippen LogP contribution < -0.4 is 0 Å². The van der Waals surface area contributed by atoms with Crippen LogP contribution in [0.5, 0.6) is 0 Å². The average molecular weight is 191 g/mol. The Morgan fingerprint density at radius 1 is 1.58 bits per heavy atom. The molecule has 1 aliphatic heterocycles. The number of nitrogens with zero attached hydrogens (tertiary/aromatic N) is 1. The summed E-state index contributed by atoms with van der Waals surface area (Å²) in [6.45, 7) is 2.81. The molecule has 0 aromatic rings. The molecule has 1 fully saturated rings. The normalized spacial score (nSPS) is 28.9. The maximum atomic E-state index is 11.3. The average Bonchev–Trinajstić information content (AvgIpc) is 2.20. The minimum absolute atomic E-state index is 0.196. The van der Waals surface area contributed by atoms with Crippen molar-refractivity contribution in [1.82, 2.24) is 4.31 Å². The largest absolute Gasteiger partial charge is 0.303 e. The monoisotopic (exact) mass is 191 g/mol. The van der Waals surface area contributed by atoms with E-state index >= 15 is 0 Å². The Morgan fingerprint density at radius 3 is 2.67 bits per heavy atom. The second-order valence-corrected chi connectivity index (χ2v) is 5.21. The van der Waals surface area contributed by atoms with Crippen LogP contribution in [0.4, 0.5) is 0 Å². The van der Waals surface area contributed by atoms with Gasteiger partial charge in [-0.3, -0.25) is 0 Å². The van der Waals surface area contributed by atoms with Crippen molar-refractivity contribution < 1.29 is 13.2 Å². The van der Waals surface area contributed by atoms with Crippen LogP contribution in [0.3, 0.4) is 0 Å². The minimum Gasteiger partial charge on any atom is -0.303 e. The molecule has 1 unspecified atom stereocenters. The Labute approximate surface area is 72.6 Å². The molecule has 0 radical (unpaired) electrons. The zero-order valence-corrected chi connectivity index (χ0v) is 7.88. The van der Waals surface area contributed by atoms with Crippen LogP contribution in [-0.4, -0.2) is 37.9 Å². The van der Waals surface area contributed by atoms with E-state index in [9.17, 15) is 13.2 Å². The van der Waals surface area contributed by atoms with Gasteiger partial charge in [0.2, 0.25) is 10.0 Å². The van der Waals surface area contributed by atoms with Gasteiger partial charge in [0.25, 0.3) is 0 Å². The van der Waals surface area contributed by atoms with Gasteiger partial charge < -0.3 is 4.79 Å². The third kappa shape index (κ3) is 2.04. The maximum absolute atomic E-state index is 11.3. The Kier molecular flexibility index (Phi) is 2.85. The summed E-state index contributed by atoms with van der Waals surface area (Å²) in [6, 6.07) is 0. The lowest BCUT2D eigenvalue weighted by atomic mass is 10.2. The fourth-order valence-electron chi connectivity index (χ4n) is 1.41. The van der Waals surface area contributed by atoms with Crippen LogP contribution in [0.1, 0.15) is 13.3 Å². The van der Waals surface area contributed by atoms with Gasteiger partial charge in [-0.2, -0.15) is 0 Å². The van der Waals surface area contributed by atoms with E-state index in [0.717, 1.165) is 6.29 Å². The highest BCUT2D eigenvalue weighted by Gasteiger charge is 2.32. The number of sulfonamides is 1. The van der Waals surface area contributed by atoms with Crippen LogP contribution in [0.2, 0.25) is 0 Å². The van der Waals surface area contributed by atoms with Crippen molar-refractivity contribution in [2.24, 2.45) is 5.92 Å². The van der Waals surface area contributed by atoms with E-state index in [0.29, 0.717) is 19.5 Å². The molecule has 4 nitrogen and oxygen atoms in total. The molecule has 1 atom stereocenters. The van der Waals surface area contributed by atoms with E-state index in [2.05, 4.69) is 0 Å². The number of rotatable bonds is 3. The molecule has 5 heteroatoms. The molecule has 12 heavy (non-hydrogen) atoms. The fraction of sp³-hybridized carbons (Fsp3) is 0.857. The van der Waals surface area contributed by atoms with Gasteiger partial charge in [0.05, 0.1) is 5.75 Å². The summed E-state index contributed by atoms with van der Waals surface area (Å²) in [5, 5.41) is 0. The quantitative estimate of drug-likeness (QED) is 0.583. The van der Waals surface area contributed by atoms with E-state index in [1.165, 1.54) is 4.31 Å². The number of hydrogen-bond acceptors (Lipinski definition) is 3. The maximum Gasteiger partial charge on any atom is 0.214 e. The van der Waals surface area contributed by atoms with E-state index in [1.807, 2.05) is 6.92 Å². The van der Waals surface area contributed by atoms with Crippen molar-refractivity contribution >= 4 is 16.3 Å². The Morgan fingerprint density at radius 2 is 2.25 bits per heavy atom. The third-order valence-corrected chi connectivity index (χ3v) is 4.01. The summed E-state index contributed by atoms with van der Waals surface area (Å²) in [5.41, 5.74) is 0. The summed E-state index contributed by atoms with van der Waals surface area (Å²) in [5.74, 6) is 0.424. The molecule has 0 amide bonds. The van der Waals surface area contributed by atoms with E-state index < -0.39 is 10.0 Å². The first kappa shape index (κ1) is 9.67. The molecule has 70 valence electrons. The molecule has 1 saturated heterocycles. The fourth-order valence-corrected chi connectivity index (χ4v) is 3.31. The van der Waals surface area contributed by atoms with Gasteiger partial charge in [0.1, 0.15) is 6.29 Å². The molecule has 0 saturated carbocycles. The summed E-state index contributed by atoms with van der Waals surface area (Å²) >= 11 is 0. The molecular formula is C7H13NO3S. The molecule has 0 aliphatic carbocycles. The van der Waals surface area contributed by atoms with Gasteiger partial charge in [0, 0.05) is 19.5 Å². The van der Waals surface area contributed by atoms with Gasteiger partial charge in [0.15, 0.2) is 0 Å². The predicted molar refractivity (Wildman–Crippen MR) is 45.2 cm³/mol. The standard InChI is InChI=1S/C7H13NO3S/c1-7-5-8(3-2-4-9)12(10,11)6-7/h4,7H,2-3,5-6H2,1H3. The van der Waals surface area contributed by atoms with E-state index in [1.54, 1.807) is 0 Å². The van der Waals surface area contributed by atoms with Crippen LogP contribution >= 0.6 is 0 Å². The van der Waals surface area contributed by atoms with Crippen LogP contribution in [0, 0.1) is 5.92 Å². The second kappa shape index (κ2) is 3.53. The summed E-state index contributed by atoms with van der Waals surface area (Å²) in [4.78, 5) is 10.0. The van der Waals surface area contributed by atoms with Crippen molar-refractivity contribution in [1.29, 1.82) is 0 Å². The molecule has 0 spiro atoms. The lowest BCUT2D eigenvalue weighted by Gasteiger charge is -2.11. The summed E-state index contributed by atoms with van der Waals surface area (Å²) < 4.78 is 24.0. The molecule has 1 aliphatic rings. The summed E-state index contributed by atoms with van der Waals surface area (Å²) in [7, 11) is -3.03. The molecule has 0 aromatic carbocycles. The molecule has 1 rings (SSSR count). The van der Waals surface area contributed by atoms with E-state index in [4.69, 9.17) is 0 Å². The van der Waals surface area contributed by atoms with Gasteiger partial charge in [-0.05, 0) is 5.92 Å². The SMILES string of the molecule is CC1CN(CCC=O)S(=O)(=O)C1. The van der Waals surface area contributed by atoms with Gasteiger partial charge >= 0.3 is 0 Å². The molecule has 0 N–H and O–H groups in total. The first-order valence-electron chi connectivity index (χ1n) is 3.97. The third-order valence-electron chi connectivity index (χ3n) is 1.90. The lowest BCUT2D eigenvalue weighted by Crippen LogP contribution is -2.27. The van der Waals surface area contributed by atoms with Crippen LogP contribution in [-0.2, 0) is 14.8 Å². The second-order valence-electron chi connectivity index (χ2n) is 3.20. The van der Waals surface area contributed by atoms with Crippen LogP contribution in [0.15, 0.2) is 0 Å². The Hall–Kier alpha value is -0.420. The van der Waals surface area contributed by atoms with Crippen molar-refractivity contribution in [2.75, 3.05) is 18.8 Å². The topological polar surface area (TPSA) is 54.5 Å². The van der Waals surface area contributed by atoms with Gasteiger partial charge in [-0.15, -0.1) is 0 Å². The zero-order chi connectivity index (χ0) is 9.19. The number of hydrogen-bond donors (Lipinski definition) is 0. The van der Waals surface area contributed by atoms with E-state index in [-0.39, 0.29) is 11.7 Å². The van der Waals surface area contributed by atoms with Crippen molar-refractivity contribution in [3.05, 3.63) is 0 Å². The highest BCUT2D eigenvalue weighted by molar-refractivity contribution is 7.89. The summed E-state index contributed by atoms with van der Waals surface area (Å²) in [6.07, 6.45) is 1.05. The number of carbonyl (C=O) groups is 1. The van der Waals surface area contributed by atoms with Crippen LogP contribution in [0.25, 0.3) is 0 Å². The first-order chi connectivity index (χ1) is 5.56. The molecule has 0 bridgehead atoms. The van der Waals surface area contributed by atoms with Crippen molar-refractivity contribution in [2.45, 2.75) is 13.3 Å². The highest BCUT2D eigenvalue weighted by Crippen LogP contribution is 2.18. The number of aldehydes is 1. The Bertz CT molecular complexity index is 260. The smallest absolute Gasteiger partial charge is 0.214 e. The van der Waals surface area contributed by atoms with Crippen molar-refractivity contribution in [3.63, 3.8) is 0 Å². The molecular weight excluding hydrogens is 178 g/mol. The predicted octanol–water partition coefficient (Wildman–Crippen LogP) is -0.143. The Balaban J connectivity index is 2.59. The number of carbonyl (C=O) groups excluding carboxylic acids is 1. The molecule has 1 heterocycles. The first-order valence-corrected chi connectivity index (χ1v) is 5.58. The van der Waals surface area contributed by atoms with Crippen molar-refractivity contribution in [3.8, 4) is 0 Å². The highest BCUT2D eigenvalue weighted by atomic mass is 32.2. The zero-order valence-electron chi connectivity index (χ0n) is 7.06. The molecule has 0 aromatic heterocycles. The van der Waals surface area contributed by atoms with Gasteiger partial charge in [-0.25, -0.2) is 12.7 Å².